The molecule has 2 amide bonds. The van der Waals surface area contributed by atoms with Gasteiger partial charge in [0.15, 0.2) is 11.0 Å². The summed E-state index contributed by atoms with van der Waals surface area (Å²) in [5.41, 5.74) is 1.07. The van der Waals surface area contributed by atoms with Crippen LogP contribution >= 0.6 is 11.8 Å². The van der Waals surface area contributed by atoms with Crippen molar-refractivity contribution in [3.63, 3.8) is 0 Å². The fraction of sp³-hybridized carbons (Fsp3) is 0.318. The van der Waals surface area contributed by atoms with Crippen LogP contribution in [0.1, 0.15) is 45.1 Å². The summed E-state index contributed by atoms with van der Waals surface area (Å²) in [6.07, 6.45) is 0. The Morgan fingerprint density at radius 2 is 1.79 bits per heavy atom. The third-order valence-electron chi connectivity index (χ3n) is 4.48. The van der Waals surface area contributed by atoms with E-state index in [4.69, 9.17) is 0 Å². The van der Waals surface area contributed by atoms with Gasteiger partial charge in [-0.2, -0.15) is 0 Å². The Balaban J connectivity index is 1.90. The molecule has 0 aliphatic carbocycles. The Hall–Kier alpha value is -3.47. The zero-order valence-electron chi connectivity index (χ0n) is 18.7. The van der Waals surface area contributed by atoms with E-state index in [-0.39, 0.29) is 17.5 Å². The van der Waals surface area contributed by atoms with Gasteiger partial charge in [-0.15, -0.1) is 10.2 Å². The van der Waals surface area contributed by atoms with E-state index in [0.29, 0.717) is 22.4 Å². The van der Waals surface area contributed by atoms with Crippen molar-refractivity contribution in [1.82, 2.24) is 25.4 Å². The SMILES string of the molecule is CC(NC(=O)NC(C)(C)C)c1nnc(SCc2ccc(F)cc2)n1-c1ccc([N+](=O)[O-])cc1. The molecule has 1 heterocycles. The van der Waals surface area contributed by atoms with Crippen LogP contribution in [0, 0.1) is 15.9 Å². The van der Waals surface area contributed by atoms with Gasteiger partial charge in [0.25, 0.3) is 5.69 Å². The van der Waals surface area contributed by atoms with Gasteiger partial charge in [0.2, 0.25) is 0 Å². The molecule has 33 heavy (non-hydrogen) atoms. The molecule has 2 aromatic carbocycles. The van der Waals surface area contributed by atoms with Crippen LogP contribution in [0.5, 0.6) is 0 Å². The van der Waals surface area contributed by atoms with Gasteiger partial charge in [-0.25, -0.2) is 9.18 Å². The van der Waals surface area contributed by atoms with E-state index in [1.807, 2.05) is 20.8 Å². The number of amides is 2. The largest absolute Gasteiger partial charge is 0.334 e. The van der Waals surface area contributed by atoms with Crippen LogP contribution in [0.2, 0.25) is 0 Å². The molecule has 0 radical (unpaired) electrons. The summed E-state index contributed by atoms with van der Waals surface area (Å²) in [7, 11) is 0. The number of nitrogens with one attached hydrogen (secondary N) is 2. The number of benzene rings is 2. The van der Waals surface area contributed by atoms with Gasteiger partial charge in [-0.3, -0.25) is 14.7 Å². The first-order valence-corrected chi connectivity index (χ1v) is 11.2. The summed E-state index contributed by atoms with van der Waals surface area (Å²) in [6, 6.07) is 11.3. The minimum absolute atomic E-state index is 0.0374. The van der Waals surface area contributed by atoms with E-state index in [1.54, 1.807) is 35.8 Å². The minimum atomic E-state index is -0.504. The Kier molecular flexibility index (Phi) is 7.32. The van der Waals surface area contributed by atoms with Gasteiger partial charge < -0.3 is 10.6 Å². The summed E-state index contributed by atoms with van der Waals surface area (Å²) in [4.78, 5) is 22.9. The topological polar surface area (TPSA) is 115 Å². The second-order valence-corrected chi connectivity index (χ2v) is 9.38. The highest BCUT2D eigenvalue weighted by atomic mass is 32.2. The summed E-state index contributed by atoms with van der Waals surface area (Å²) < 4.78 is 15.0. The number of carbonyl (C=O) groups is 1. The van der Waals surface area contributed by atoms with Crippen LogP contribution in [0.25, 0.3) is 5.69 Å². The molecule has 11 heteroatoms. The highest BCUT2D eigenvalue weighted by Gasteiger charge is 2.23. The van der Waals surface area contributed by atoms with Crippen LogP contribution in [-0.4, -0.2) is 31.3 Å². The summed E-state index contributed by atoms with van der Waals surface area (Å²) in [5.74, 6) is 0.667. The summed E-state index contributed by atoms with van der Waals surface area (Å²) in [5, 5.41) is 25.8. The first-order valence-electron chi connectivity index (χ1n) is 10.2. The van der Waals surface area contributed by atoms with E-state index in [1.165, 1.54) is 36.0 Å². The number of urea groups is 1. The fourth-order valence-corrected chi connectivity index (χ4v) is 3.90. The number of aromatic nitrogens is 3. The first-order chi connectivity index (χ1) is 15.5. The van der Waals surface area contributed by atoms with Crippen LogP contribution in [0.3, 0.4) is 0 Å². The first kappa shape index (κ1) is 24.2. The molecule has 1 atom stereocenters. The number of hydrogen-bond acceptors (Lipinski definition) is 6. The number of hydrogen-bond donors (Lipinski definition) is 2. The number of nitro groups is 1. The van der Waals surface area contributed by atoms with Gasteiger partial charge in [-0.1, -0.05) is 23.9 Å². The minimum Gasteiger partial charge on any atom is -0.334 e. The maximum absolute atomic E-state index is 13.2. The molecule has 0 saturated heterocycles. The van der Waals surface area contributed by atoms with Crippen LogP contribution < -0.4 is 10.6 Å². The predicted octanol–water partition coefficient (Wildman–Crippen LogP) is 4.77. The number of carbonyl (C=O) groups excluding carboxylic acids is 1. The molecule has 1 aromatic heterocycles. The van der Waals surface area contributed by atoms with Crippen molar-refractivity contribution in [3.8, 4) is 5.69 Å². The molecule has 1 unspecified atom stereocenters. The second kappa shape index (κ2) is 9.99. The van der Waals surface area contributed by atoms with Crippen molar-refractivity contribution >= 4 is 23.5 Å². The molecule has 0 spiro atoms. The molecule has 9 nitrogen and oxygen atoms in total. The molecule has 0 aliphatic rings. The molecular weight excluding hydrogens is 447 g/mol. The lowest BCUT2D eigenvalue weighted by atomic mass is 10.1. The standard InChI is InChI=1S/C22H25FN6O3S/c1-14(24-20(30)25-22(2,3)4)19-26-27-21(33-13-15-5-7-16(23)8-6-15)28(19)17-9-11-18(12-10-17)29(31)32/h5-12,14H,13H2,1-4H3,(H2,24,25,30). The van der Waals surface area contributed by atoms with Crippen molar-refractivity contribution < 1.29 is 14.1 Å². The number of rotatable bonds is 7. The zero-order chi connectivity index (χ0) is 24.2. The lowest BCUT2D eigenvalue weighted by Crippen LogP contribution is -2.47. The maximum Gasteiger partial charge on any atom is 0.315 e. The average molecular weight is 473 g/mol. The van der Waals surface area contributed by atoms with Crippen LogP contribution in [-0.2, 0) is 5.75 Å². The second-order valence-electron chi connectivity index (χ2n) is 8.43. The number of thioether (sulfide) groups is 1. The van der Waals surface area contributed by atoms with Crippen molar-refractivity contribution in [3.05, 3.63) is 75.9 Å². The van der Waals surface area contributed by atoms with Gasteiger partial charge in [-0.05, 0) is 57.5 Å². The molecule has 0 aliphatic heterocycles. The fourth-order valence-electron chi connectivity index (χ4n) is 2.99. The highest BCUT2D eigenvalue weighted by Crippen LogP contribution is 2.28. The zero-order valence-corrected chi connectivity index (χ0v) is 19.5. The smallest absolute Gasteiger partial charge is 0.315 e. The van der Waals surface area contributed by atoms with E-state index < -0.39 is 16.5 Å². The Morgan fingerprint density at radius 1 is 1.15 bits per heavy atom. The summed E-state index contributed by atoms with van der Waals surface area (Å²) >= 11 is 1.38. The number of non-ortho nitro benzene ring substituents is 1. The van der Waals surface area contributed by atoms with Crippen molar-refractivity contribution in [1.29, 1.82) is 0 Å². The lowest BCUT2D eigenvalue weighted by molar-refractivity contribution is -0.384. The quantitative estimate of drug-likeness (QED) is 0.291. The molecule has 0 bridgehead atoms. The van der Waals surface area contributed by atoms with Crippen LogP contribution in [0.15, 0.2) is 53.7 Å². The predicted molar refractivity (Wildman–Crippen MR) is 124 cm³/mol. The van der Waals surface area contributed by atoms with Gasteiger partial charge in [0.05, 0.1) is 11.0 Å². The third-order valence-corrected chi connectivity index (χ3v) is 5.48. The van der Waals surface area contributed by atoms with E-state index >= 15 is 0 Å². The van der Waals surface area contributed by atoms with E-state index in [2.05, 4.69) is 20.8 Å². The molecule has 2 N–H and O–H groups in total. The monoisotopic (exact) mass is 472 g/mol. The number of halogens is 1. The van der Waals surface area contributed by atoms with Crippen molar-refractivity contribution in [2.45, 2.75) is 50.2 Å². The summed E-state index contributed by atoms with van der Waals surface area (Å²) in [6.45, 7) is 7.41. The van der Waals surface area contributed by atoms with Crippen LogP contribution in [0.4, 0.5) is 14.9 Å². The normalized spacial score (nSPS) is 12.3. The average Bonchev–Trinajstić information content (AvgIpc) is 3.16. The molecule has 174 valence electrons. The highest BCUT2D eigenvalue weighted by molar-refractivity contribution is 7.98. The molecule has 0 fully saturated rings. The maximum atomic E-state index is 13.2. The Bertz CT molecular complexity index is 1130. The third kappa shape index (κ3) is 6.51. The lowest BCUT2D eigenvalue weighted by Gasteiger charge is -2.23. The number of nitro benzene ring substituents is 1. The van der Waals surface area contributed by atoms with Gasteiger partial charge >= 0.3 is 6.03 Å². The molecule has 0 saturated carbocycles. The van der Waals surface area contributed by atoms with Crippen molar-refractivity contribution in [2.75, 3.05) is 0 Å². The van der Waals surface area contributed by atoms with Gasteiger partial charge in [0.1, 0.15) is 5.82 Å². The Morgan fingerprint density at radius 3 is 2.36 bits per heavy atom. The number of nitrogens with zero attached hydrogens (tertiary/aromatic N) is 4. The van der Waals surface area contributed by atoms with E-state index in [0.717, 1.165) is 5.56 Å². The molecular formula is C22H25FN6O3S. The van der Waals surface area contributed by atoms with Gasteiger partial charge in [0, 0.05) is 29.1 Å². The van der Waals surface area contributed by atoms with E-state index in [9.17, 15) is 19.3 Å². The Labute approximate surface area is 194 Å². The molecule has 3 aromatic rings. The van der Waals surface area contributed by atoms with Crippen molar-refractivity contribution in [2.24, 2.45) is 0 Å². The molecule has 3 rings (SSSR count).